The van der Waals surface area contributed by atoms with Gasteiger partial charge in [-0.2, -0.15) is 0 Å². The molecule has 3 heteroatoms. The Hall–Kier alpha value is -2.91. The molecule has 0 unspecified atom stereocenters. The summed E-state index contributed by atoms with van der Waals surface area (Å²) in [5, 5.41) is 0. The lowest BCUT2D eigenvalue weighted by Gasteiger charge is -2.05. The number of benzene rings is 2. The Morgan fingerprint density at radius 2 is 1.25 bits per heavy atom. The summed E-state index contributed by atoms with van der Waals surface area (Å²) < 4.78 is 0. The predicted molar refractivity (Wildman–Crippen MR) is 78.3 cm³/mol. The van der Waals surface area contributed by atoms with Crippen LogP contribution in [0.3, 0.4) is 0 Å². The van der Waals surface area contributed by atoms with Crippen LogP contribution >= 0.6 is 0 Å². The van der Waals surface area contributed by atoms with E-state index in [0.717, 1.165) is 11.1 Å². The van der Waals surface area contributed by atoms with E-state index in [4.69, 9.17) is 13.1 Å². The maximum absolute atomic E-state index is 12.4. The van der Waals surface area contributed by atoms with E-state index in [1.54, 1.807) is 36.4 Å². The Morgan fingerprint density at radius 3 is 1.55 bits per heavy atom. The van der Waals surface area contributed by atoms with Crippen molar-refractivity contribution in [2.75, 3.05) is 0 Å². The lowest BCUT2D eigenvalue weighted by atomic mass is 9.99. The Morgan fingerprint density at radius 1 is 0.850 bits per heavy atom. The molecule has 0 amide bonds. The summed E-state index contributed by atoms with van der Waals surface area (Å²) in [6.07, 6.45) is 0. The summed E-state index contributed by atoms with van der Waals surface area (Å²) in [7, 11) is 0. The van der Waals surface area contributed by atoms with E-state index in [1.165, 1.54) is 0 Å². The van der Waals surface area contributed by atoms with Gasteiger partial charge in [-0.15, -0.1) is 0 Å². The molecule has 0 aliphatic rings. The van der Waals surface area contributed by atoms with Gasteiger partial charge in [0, 0.05) is 11.1 Å². The first-order valence-corrected chi connectivity index (χ1v) is 6.07. The van der Waals surface area contributed by atoms with E-state index in [1.807, 2.05) is 13.8 Å². The highest BCUT2D eigenvalue weighted by atomic mass is 16.1. The molecule has 0 aromatic heterocycles. The first kappa shape index (κ1) is 13.5. The average molecular weight is 260 g/mol. The van der Waals surface area contributed by atoms with Crippen LogP contribution in [-0.2, 0) is 0 Å². The highest BCUT2D eigenvalue weighted by Gasteiger charge is 2.11. The minimum absolute atomic E-state index is 0.0933. The first-order chi connectivity index (χ1) is 9.56. The molecule has 96 valence electrons. The van der Waals surface area contributed by atoms with Gasteiger partial charge in [-0.25, -0.2) is 9.69 Å². The van der Waals surface area contributed by atoms with Gasteiger partial charge in [-0.1, -0.05) is 36.4 Å². The third-order valence-corrected chi connectivity index (χ3v) is 3.16. The fourth-order valence-corrected chi connectivity index (χ4v) is 2.01. The van der Waals surface area contributed by atoms with E-state index < -0.39 is 0 Å². The standard InChI is InChI=1S/C17H12N2O/c1-11-9-13(5-7-15(11)18-3)17(20)14-6-8-16(19-4)12(2)10-14/h5-10H,1-2H3. The van der Waals surface area contributed by atoms with E-state index in [0.29, 0.717) is 22.5 Å². The highest BCUT2D eigenvalue weighted by molar-refractivity contribution is 6.09. The van der Waals surface area contributed by atoms with Gasteiger partial charge in [0.2, 0.25) is 0 Å². The van der Waals surface area contributed by atoms with E-state index >= 15 is 0 Å². The fraction of sp³-hybridized carbons (Fsp3) is 0.118. The second kappa shape index (κ2) is 5.38. The lowest BCUT2D eigenvalue weighted by Crippen LogP contribution is -2.01. The molecule has 0 spiro atoms. The van der Waals surface area contributed by atoms with E-state index in [2.05, 4.69) is 9.69 Å². The summed E-state index contributed by atoms with van der Waals surface area (Å²) in [5.74, 6) is -0.0933. The van der Waals surface area contributed by atoms with Crippen LogP contribution in [0, 0.1) is 27.0 Å². The number of carbonyl (C=O) groups excluding carboxylic acids is 1. The smallest absolute Gasteiger partial charge is 0.192 e. The molecule has 0 bridgehead atoms. The van der Waals surface area contributed by atoms with Gasteiger partial charge in [0.05, 0.1) is 13.1 Å². The van der Waals surface area contributed by atoms with Crippen molar-refractivity contribution in [3.05, 3.63) is 81.5 Å². The Labute approximate surface area is 118 Å². The van der Waals surface area contributed by atoms with Crippen molar-refractivity contribution in [1.29, 1.82) is 0 Å². The third kappa shape index (κ3) is 2.43. The minimum atomic E-state index is -0.0933. The molecule has 0 saturated heterocycles. The van der Waals surface area contributed by atoms with Crippen LogP contribution in [0.1, 0.15) is 27.0 Å². The van der Waals surface area contributed by atoms with Crippen molar-refractivity contribution in [3.63, 3.8) is 0 Å². The molecular formula is C17H12N2O. The quantitative estimate of drug-likeness (QED) is 0.570. The molecule has 2 aromatic rings. The summed E-state index contributed by atoms with van der Waals surface area (Å²) >= 11 is 0. The molecule has 20 heavy (non-hydrogen) atoms. The van der Waals surface area contributed by atoms with Gasteiger partial charge >= 0.3 is 0 Å². The van der Waals surface area contributed by atoms with Crippen LogP contribution < -0.4 is 0 Å². The number of carbonyl (C=O) groups is 1. The first-order valence-electron chi connectivity index (χ1n) is 6.07. The maximum atomic E-state index is 12.4. The summed E-state index contributed by atoms with van der Waals surface area (Å²) in [6, 6.07) is 10.1. The zero-order valence-corrected chi connectivity index (χ0v) is 11.3. The second-order valence-corrected chi connectivity index (χ2v) is 4.56. The van der Waals surface area contributed by atoms with Crippen LogP contribution in [0.5, 0.6) is 0 Å². The van der Waals surface area contributed by atoms with E-state index in [9.17, 15) is 4.79 Å². The molecule has 0 aliphatic heterocycles. The van der Waals surface area contributed by atoms with Crippen molar-refractivity contribution in [2.45, 2.75) is 13.8 Å². The molecule has 0 saturated carbocycles. The van der Waals surface area contributed by atoms with Crippen molar-refractivity contribution in [1.82, 2.24) is 0 Å². The van der Waals surface area contributed by atoms with Crippen molar-refractivity contribution >= 4 is 17.2 Å². The van der Waals surface area contributed by atoms with Crippen molar-refractivity contribution < 1.29 is 4.79 Å². The van der Waals surface area contributed by atoms with Gasteiger partial charge < -0.3 is 0 Å². The number of rotatable bonds is 2. The average Bonchev–Trinajstić information content (AvgIpc) is 2.46. The monoisotopic (exact) mass is 260 g/mol. The number of hydrogen-bond acceptors (Lipinski definition) is 1. The summed E-state index contributed by atoms with van der Waals surface area (Å²) in [6.45, 7) is 17.7. The van der Waals surface area contributed by atoms with Gasteiger partial charge in [-0.05, 0) is 25.0 Å². The Balaban J connectivity index is 2.42. The Kier molecular flexibility index (Phi) is 3.64. The summed E-state index contributed by atoms with van der Waals surface area (Å²) in [4.78, 5) is 19.2. The molecule has 3 nitrogen and oxygen atoms in total. The number of aryl methyl sites for hydroxylation is 2. The van der Waals surface area contributed by atoms with Gasteiger partial charge in [0.25, 0.3) is 0 Å². The van der Waals surface area contributed by atoms with E-state index in [-0.39, 0.29) is 5.78 Å². The molecular weight excluding hydrogens is 248 g/mol. The second-order valence-electron chi connectivity index (χ2n) is 4.56. The minimum Gasteiger partial charge on any atom is -0.289 e. The fourth-order valence-electron chi connectivity index (χ4n) is 2.01. The van der Waals surface area contributed by atoms with Crippen LogP contribution in [0.15, 0.2) is 36.4 Å². The van der Waals surface area contributed by atoms with Crippen LogP contribution in [0.25, 0.3) is 9.69 Å². The van der Waals surface area contributed by atoms with Gasteiger partial charge in [0.1, 0.15) is 0 Å². The zero-order valence-electron chi connectivity index (χ0n) is 11.3. The molecule has 0 N–H and O–H groups in total. The van der Waals surface area contributed by atoms with Gasteiger partial charge in [0.15, 0.2) is 17.2 Å². The molecule has 0 aliphatic carbocycles. The number of ketones is 1. The topological polar surface area (TPSA) is 25.8 Å². The zero-order chi connectivity index (χ0) is 14.7. The molecule has 0 fully saturated rings. The van der Waals surface area contributed by atoms with Crippen LogP contribution in [0.2, 0.25) is 0 Å². The Bertz CT molecular complexity index is 711. The van der Waals surface area contributed by atoms with Crippen molar-refractivity contribution in [3.8, 4) is 0 Å². The third-order valence-electron chi connectivity index (χ3n) is 3.16. The largest absolute Gasteiger partial charge is 0.289 e. The normalized spacial score (nSPS) is 9.60. The molecule has 2 rings (SSSR count). The lowest BCUT2D eigenvalue weighted by molar-refractivity contribution is 0.103. The number of hydrogen-bond donors (Lipinski definition) is 0. The predicted octanol–water partition coefficient (Wildman–Crippen LogP) is 4.64. The van der Waals surface area contributed by atoms with Crippen molar-refractivity contribution in [2.24, 2.45) is 0 Å². The van der Waals surface area contributed by atoms with Gasteiger partial charge in [-0.3, -0.25) is 4.79 Å². The molecule has 0 radical (unpaired) electrons. The number of nitrogens with zero attached hydrogens (tertiary/aromatic N) is 2. The highest BCUT2D eigenvalue weighted by Crippen LogP contribution is 2.24. The van der Waals surface area contributed by atoms with Crippen LogP contribution in [-0.4, -0.2) is 5.78 Å². The molecule has 0 atom stereocenters. The molecule has 2 aromatic carbocycles. The molecule has 0 heterocycles. The van der Waals surface area contributed by atoms with Crippen LogP contribution in [0.4, 0.5) is 11.4 Å². The summed E-state index contributed by atoms with van der Waals surface area (Å²) in [5.41, 5.74) is 3.82. The maximum Gasteiger partial charge on any atom is 0.192 e. The SMILES string of the molecule is [C-]#[N+]c1ccc(C(=O)c2ccc([N+]#[C-])c(C)c2)cc1C.